The second kappa shape index (κ2) is 13.2. The molecule has 29 heavy (non-hydrogen) atoms. The Bertz CT molecular complexity index is 646. The Morgan fingerprint density at radius 3 is 2.55 bits per heavy atom. The lowest BCUT2D eigenvalue weighted by atomic mass is 9.89. The summed E-state index contributed by atoms with van der Waals surface area (Å²) in [5.74, 6) is -1.06. The van der Waals surface area contributed by atoms with Crippen LogP contribution < -0.4 is 4.72 Å². The summed E-state index contributed by atoms with van der Waals surface area (Å²) < 4.78 is 25.1. The van der Waals surface area contributed by atoms with E-state index in [4.69, 9.17) is 0 Å². The van der Waals surface area contributed by atoms with Gasteiger partial charge in [0.05, 0.1) is 24.1 Å². The minimum Gasteiger partial charge on any atom is -0.393 e. The molecule has 1 aliphatic carbocycles. The van der Waals surface area contributed by atoms with Gasteiger partial charge in [-0.2, -0.15) is 0 Å². The highest BCUT2D eigenvalue weighted by Gasteiger charge is 2.39. The quantitative estimate of drug-likeness (QED) is 0.261. The topological polar surface area (TPSA) is 124 Å². The van der Waals surface area contributed by atoms with Gasteiger partial charge in [-0.05, 0) is 31.6 Å². The van der Waals surface area contributed by atoms with Gasteiger partial charge in [-0.1, -0.05) is 50.5 Å². The summed E-state index contributed by atoms with van der Waals surface area (Å²) >= 11 is 0. The first-order valence-electron chi connectivity index (χ1n) is 10.5. The van der Waals surface area contributed by atoms with Crippen molar-refractivity contribution in [2.45, 2.75) is 83.5 Å². The maximum absolute atomic E-state index is 11.6. The maximum Gasteiger partial charge on any atom is 0.234 e. The molecule has 1 saturated carbocycles. The molecule has 0 heterocycles. The number of hydrogen-bond donors (Lipinski definition) is 4. The van der Waals surface area contributed by atoms with Crippen molar-refractivity contribution in [1.82, 2.24) is 4.72 Å². The van der Waals surface area contributed by atoms with Crippen LogP contribution in [-0.4, -0.2) is 53.7 Å². The van der Waals surface area contributed by atoms with E-state index in [9.17, 15) is 28.5 Å². The Hall–Kier alpha value is -1.22. The molecule has 5 atom stereocenters. The molecule has 0 aromatic carbocycles. The Balaban J connectivity index is 2.47. The molecule has 0 aromatic rings. The molecule has 1 aliphatic rings. The van der Waals surface area contributed by atoms with E-state index in [1.807, 2.05) is 23.0 Å². The van der Waals surface area contributed by atoms with E-state index in [0.29, 0.717) is 32.1 Å². The van der Waals surface area contributed by atoms with Gasteiger partial charge in [0.25, 0.3) is 0 Å². The fraction of sp³-hybridized carbons (Fsp3) is 0.762. The van der Waals surface area contributed by atoms with Gasteiger partial charge in [0.2, 0.25) is 15.9 Å². The first-order valence-corrected chi connectivity index (χ1v) is 12.2. The second-order valence-corrected chi connectivity index (χ2v) is 9.73. The molecular formula is C21H37NO6S. The van der Waals surface area contributed by atoms with Crippen LogP contribution in [0.2, 0.25) is 0 Å². The van der Waals surface area contributed by atoms with Gasteiger partial charge in [0.15, 0.2) is 0 Å². The summed E-state index contributed by atoms with van der Waals surface area (Å²) in [6.07, 6.45) is 11.2. The molecule has 0 saturated heterocycles. The van der Waals surface area contributed by atoms with Crippen molar-refractivity contribution in [3.8, 4) is 0 Å². The van der Waals surface area contributed by atoms with Crippen molar-refractivity contribution in [1.29, 1.82) is 0 Å². The lowest BCUT2D eigenvalue weighted by Gasteiger charge is -2.19. The third-order valence-electron chi connectivity index (χ3n) is 5.23. The fourth-order valence-corrected chi connectivity index (χ4v) is 4.78. The molecule has 4 N–H and O–H groups in total. The SMILES string of the molecule is CCCCC[C@H](O)/C=C/[C@@H]1[C@H](C/C=C\CCCS(=O)(=O)NC(C)=O)[C@@H](O)C[C@H]1O. The van der Waals surface area contributed by atoms with Crippen LogP contribution in [0.15, 0.2) is 24.3 Å². The number of unbranched alkanes of at least 4 members (excludes halogenated alkanes) is 3. The highest BCUT2D eigenvalue weighted by atomic mass is 32.2. The molecule has 0 aliphatic heterocycles. The van der Waals surface area contributed by atoms with Crippen LogP contribution in [0.5, 0.6) is 0 Å². The van der Waals surface area contributed by atoms with Crippen molar-refractivity contribution in [3.63, 3.8) is 0 Å². The van der Waals surface area contributed by atoms with E-state index in [0.717, 1.165) is 26.2 Å². The number of nitrogens with one attached hydrogen (secondary N) is 1. The number of aliphatic hydroxyl groups excluding tert-OH is 3. The van der Waals surface area contributed by atoms with Crippen LogP contribution in [0.4, 0.5) is 0 Å². The van der Waals surface area contributed by atoms with Gasteiger partial charge >= 0.3 is 0 Å². The van der Waals surface area contributed by atoms with Crippen molar-refractivity contribution < 1.29 is 28.5 Å². The van der Waals surface area contributed by atoms with Gasteiger partial charge in [0.1, 0.15) is 0 Å². The van der Waals surface area contributed by atoms with E-state index < -0.39 is 34.2 Å². The van der Waals surface area contributed by atoms with Gasteiger partial charge < -0.3 is 15.3 Å². The number of carbonyl (C=O) groups excluding carboxylic acids is 1. The van der Waals surface area contributed by atoms with E-state index in [1.54, 1.807) is 6.08 Å². The van der Waals surface area contributed by atoms with Crippen molar-refractivity contribution in [3.05, 3.63) is 24.3 Å². The van der Waals surface area contributed by atoms with Crippen LogP contribution in [0.3, 0.4) is 0 Å². The van der Waals surface area contributed by atoms with Gasteiger partial charge in [-0.15, -0.1) is 0 Å². The summed E-state index contributed by atoms with van der Waals surface area (Å²) in [4.78, 5) is 10.8. The predicted octanol–water partition coefficient (Wildman–Crippen LogP) is 2.03. The molecule has 1 amide bonds. The largest absolute Gasteiger partial charge is 0.393 e. The highest BCUT2D eigenvalue weighted by Crippen LogP contribution is 2.36. The zero-order chi connectivity index (χ0) is 21.9. The van der Waals surface area contributed by atoms with Gasteiger partial charge in [0, 0.05) is 19.3 Å². The standard InChI is InChI=1S/C21H37NO6S/c1-3-4-7-10-17(24)12-13-19-18(20(25)15-21(19)26)11-8-5-6-9-14-29(27,28)22-16(2)23/h5,8,12-13,17-21,24-26H,3-4,6-7,9-11,14-15H2,1-2H3,(H,22,23)/b8-5-,13-12+/t17-,18-,19+,20-,21+/m0/s1. The van der Waals surface area contributed by atoms with E-state index in [-0.39, 0.29) is 17.6 Å². The molecule has 168 valence electrons. The summed E-state index contributed by atoms with van der Waals surface area (Å²) in [6, 6.07) is 0. The van der Waals surface area contributed by atoms with Gasteiger partial charge in [-0.3, -0.25) is 9.52 Å². The molecule has 0 spiro atoms. The van der Waals surface area contributed by atoms with Gasteiger partial charge in [-0.25, -0.2) is 8.42 Å². The van der Waals surface area contributed by atoms with E-state index in [2.05, 4.69) is 6.92 Å². The number of amides is 1. The Morgan fingerprint density at radius 1 is 1.17 bits per heavy atom. The lowest BCUT2D eigenvalue weighted by molar-refractivity contribution is -0.117. The van der Waals surface area contributed by atoms with Crippen LogP contribution in [-0.2, 0) is 14.8 Å². The highest BCUT2D eigenvalue weighted by molar-refractivity contribution is 7.90. The zero-order valence-corrected chi connectivity index (χ0v) is 18.4. The number of sulfonamides is 1. The Morgan fingerprint density at radius 2 is 1.90 bits per heavy atom. The molecule has 0 radical (unpaired) electrons. The average molecular weight is 432 g/mol. The number of carbonyl (C=O) groups is 1. The third-order valence-corrected chi connectivity index (χ3v) is 6.66. The van der Waals surface area contributed by atoms with Crippen LogP contribution >= 0.6 is 0 Å². The minimum atomic E-state index is -3.57. The smallest absolute Gasteiger partial charge is 0.234 e. The molecule has 1 fully saturated rings. The molecule has 0 aromatic heterocycles. The molecular weight excluding hydrogens is 394 g/mol. The normalized spacial score (nSPS) is 26.4. The second-order valence-electron chi connectivity index (χ2n) is 7.89. The zero-order valence-electron chi connectivity index (χ0n) is 17.5. The monoisotopic (exact) mass is 431 g/mol. The van der Waals surface area contributed by atoms with Crippen LogP contribution in [0.1, 0.15) is 65.2 Å². The summed E-state index contributed by atoms with van der Waals surface area (Å²) in [5.41, 5.74) is 0. The fourth-order valence-electron chi connectivity index (χ4n) is 3.70. The number of allylic oxidation sites excluding steroid dienone is 2. The molecule has 8 heteroatoms. The Kier molecular flexibility index (Phi) is 11.7. The van der Waals surface area contributed by atoms with Crippen LogP contribution in [0, 0.1) is 11.8 Å². The maximum atomic E-state index is 11.6. The van der Waals surface area contributed by atoms with E-state index >= 15 is 0 Å². The molecule has 0 unspecified atom stereocenters. The number of hydrogen-bond acceptors (Lipinski definition) is 6. The first-order chi connectivity index (χ1) is 13.7. The number of aliphatic hydroxyl groups is 3. The summed E-state index contributed by atoms with van der Waals surface area (Å²) in [6.45, 7) is 3.27. The molecule has 1 rings (SSSR count). The molecule has 7 nitrogen and oxygen atoms in total. The summed E-state index contributed by atoms with van der Waals surface area (Å²) in [7, 11) is -3.57. The van der Waals surface area contributed by atoms with E-state index in [1.165, 1.54) is 0 Å². The minimum absolute atomic E-state index is 0.122. The van der Waals surface area contributed by atoms with Crippen molar-refractivity contribution >= 4 is 15.9 Å². The van der Waals surface area contributed by atoms with Crippen LogP contribution in [0.25, 0.3) is 0 Å². The first kappa shape index (κ1) is 25.8. The van der Waals surface area contributed by atoms with Crippen molar-refractivity contribution in [2.75, 3.05) is 5.75 Å². The third kappa shape index (κ3) is 10.4. The molecule has 0 bridgehead atoms. The lowest BCUT2D eigenvalue weighted by Crippen LogP contribution is -2.30. The predicted molar refractivity (Wildman–Crippen MR) is 113 cm³/mol. The number of rotatable bonds is 13. The van der Waals surface area contributed by atoms with Crippen molar-refractivity contribution in [2.24, 2.45) is 11.8 Å². The summed E-state index contributed by atoms with van der Waals surface area (Å²) in [5, 5.41) is 30.5. The Labute approximate surface area is 175 Å². The average Bonchev–Trinajstić information content (AvgIpc) is 2.88.